The SMILES string of the molecule is Cc1cccc(C(=O)NC(C)C(=O)N(C)C)c1F. The van der Waals surface area contributed by atoms with Gasteiger partial charge in [0.05, 0.1) is 5.56 Å². The summed E-state index contributed by atoms with van der Waals surface area (Å²) in [7, 11) is 3.19. The van der Waals surface area contributed by atoms with Gasteiger partial charge in [0.25, 0.3) is 5.91 Å². The second-order valence-electron chi connectivity index (χ2n) is 4.36. The highest BCUT2D eigenvalue weighted by atomic mass is 19.1. The monoisotopic (exact) mass is 252 g/mol. The number of carbonyl (C=O) groups is 2. The van der Waals surface area contributed by atoms with E-state index in [9.17, 15) is 14.0 Å². The van der Waals surface area contributed by atoms with Crippen molar-refractivity contribution in [3.8, 4) is 0 Å². The summed E-state index contributed by atoms with van der Waals surface area (Å²) in [5, 5.41) is 2.48. The lowest BCUT2D eigenvalue weighted by atomic mass is 10.1. The molecule has 0 bridgehead atoms. The van der Waals surface area contributed by atoms with Crippen LogP contribution in [0, 0.1) is 12.7 Å². The van der Waals surface area contributed by atoms with Gasteiger partial charge >= 0.3 is 0 Å². The van der Waals surface area contributed by atoms with E-state index in [-0.39, 0.29) is 11.5 Å². The maximum atomic E-state index is 13.7. The Bertz CT molecular complexity index is 472. The number of nitrogens with one attached hydrogen (secondary N) is 1. The highest BCUT2D eigenvalue weighted by molar-refractivity contribution is 5.97. The Morgan fingerprint density at radius 2 is 1.94 bits per heavy atom. The van der Waals surface area contributed by atoms with Gasteiger partial charge in [-0.3, -0.25) is 9.59 Å². The van der Waals surface area contributed by atoms with Crippen LogP contribution in [0.15, 0.2) is 18.2 Å². The molecule has 0 heterocycles. The maximum absolute atomic E-state index is 13.7. The van der Waals surface area contributed by atoms with Crippen molar-refractivity contribution in [1.82, 2.24) is 10.2 Å². The van der Waals surface area contributed by atoms with E-state index in [2.05, 4.69) is 5.32 Å². The number of aryl methyl sites for hydroxylation is 1. The quantitative estimate of drug-likeness (QED) is 0.882. The lowest BCUT2D eigenvalue weighted by molar-refractivity contribution is -0.130. The molecule has 1 unspecified atom stereocenters. The van der Waals surface area contributed by atoms with E-state index < -0.39 is 17.8 Å². The lowest BCUT2D eigenvalue weighted by Gasteiger charge is -2.18. The second-order valence-corrected chi connectivity index (χ2v) is 4.36. The third-order valence-corrected chi connectivity index (χ3v) is 2.60. The molecule has 0 fully saturated rings. The first-order chi connectivity index (χ1) is 8.34. The summed E-state index contributed by atoms with van der Waals surface area (Å²) in [6, 6.07) is 3.89. The fraction of sp³-hybridized carbons (Fsp3) is 0.385. The predicted octanol–water partition coefficient (Wildman–Crippen LogP) is 1.34. The standard InChI is InChI=1S/C13H17FN2O2/c1-8-6-5-7-10(11(8)14)12(17)15-9(2)13(18)16(3)4/h5-7,9H,1-4H3,(H,15,17). The summed E-state index contributed by atoms with van der Waals surface area (Å²) in [5.74, 6) is -1.38. The molecule has 0 aliphatic rings. The Balaban J connectivity index is 2.83. The van der Waals surface area contributed by atoms with Crippen LogP contribution in [-0.4, -0.2) is 36.9 Å². The van der Waals surface area contributed by atoms with Gasteiger partial charge in [-0.25, -0.2) is 4.39 Å². The Labute approximate surface area is 106 Å². The average molecular weight is 252 g/mol. The van der Waals surface area contributed by atoms with Crippen LogP contribution in [0.1, 0.15) is 22.8 Å². The molecule has 1 atom stereocenters. The van der Waals surface area contributed by atoms with E-state index in [1.165, 1.54) is 11.0 Å². The highest BCUT2D eigenvalue weighted by Crippen LogP contribution is 2.11. The van der Waals surface area contributed by atoms with Gasteiger partial charge in [-0.05, 0) is 25.5 Å². The zero-order valence-electron chi connectivity index (χ0n) is 11.0. The average Bonchev–Trinajstić information content (AvgIpc) is 2.31. The van der Waals surface area contributed by atoms with E-state index >= 15 is 0 Å². The van der Waals surface area contributed by atoms with E-state index in [0.29, 0.717) is 5.56 Å². The molecule has 0 aliphatic carbocycles. The van der Waals surface area contributed by atoms with E-state index in [1.54, 1.807) is 40.1 Å². The Morgan fingerprint density at radius 3 is 2.50 bits per heavy atom. The van der Waals surface area contributed by atoms with Crippen molar-refractivity contribution in [2.75, 3.05) is 14.1 Å². The smallest absolute Gasteiger partial charge is 0.254 e. The topological polar surface area (TPSA) is 49.4 Å². The van der Waals surface area contributed by atoms with Crippen LogP contribution >= 0.6 is 0 Å². The maximum Gasteiger partial charge on any atom is 0.254 e. The first kappa shape index (κ1) is 14.2. The van der Waals surface area contributed by atoms with Crippen LogP contribution in [0.4, 0.5) is 4.39 Å². The van der Waals surface area contributed by atoms with Crippen LogP contribution in [0.3, 0.4) is 0 Å². The van der Waals surface area contributed by atoms with Gasteiger partial charge in [0.2, 0.25) is 5.91 Å². The number of amides is 2. The predicted molar refractivity (Wildman–Crippen MR) is 66.8 cm³/mol. The first-order valence-corrected chi connectivity index (χ1v) is 5.61. The molecular weight excluding hydrogens is 235 g/mol. The number of benzene rings is 1. The van der Waals surface area contributed by atoms with Gasteiger partial charge in [0.1, 0.15) is 11.9 Å². The summed E-state index contributed by atoms with van der Waals surface area (Å²) in [5.41, 5.74) is 0.350. The first-order valence-electron chi connectivity index (χ1n) is 5.61. The summed E-state index contributed by atoms with van der Waals surface area (Å²) >= 11 is 0. The third-order valence-electron chi connectivity index (χ3n) is 2.60. The number of rotatable bonds is 3. The number of carbonyl (C=O) groups excluding carboxylic acids is 2. The normalized spacial score (nSPS) is 11.8. The number of halogens is 1. The fourth-order valence-electron chi connectivity index (χ4n) is 1.55. The molecule has 0 saturated carbocycles. The van der Waals surface area contributed by atoms with E-state index in [1.807, 2.05) is 0 Å². The Morgan fingerprint density at radius 1 is 1.33 bits per heavy atom. The van der Waals surface area contributed by atoms with Gasteiger partial charge in [-0.15, -0.1) is 0 Å². The zero-order chi connectivity index (χ0) is 13.9. The molecule has 0 radical (unpaired) electrons. The molecule has 0 aromatic heterocycles. The van der Waals surface area contributed by atoms with Crippen molar-refractivity contribution in [2.45, 2.75) is 19.9 Å². The largest absolute Gasteiger partial charge is 0.347 e. The van der Waals surface area contributed by atoms with Crippen molar-refractivity contribution in [1.29, 1.82) is 0 Å². The van der Waals surface area contributed by atoms with Crippen molar-refractivity contribution in [3.63, 3.8) is 0 Å². The van der Waals surface area contributed by atoms with Gasteiger partial charge in [-0.1, -0.05) is 12.1 Å². The van der Waals surface area contributed by atoms with Gasteiger partial charge < -0.3 is 10.2 Å². The Hall–Kier alpha value is -1.91. The van der Waals surface area contributed by atoms with Crippen molar-refractivity contribution >= 4 is 11.8 Å². The van der Waals surface area contributed by atoms with Crippen molar-refractivity contribution in [3.05, 3.63) is 35.1 Å². The van der Waals surface area contributed by atoms with Crippen LogP contribution < -0.4 is 5.32 Å². The van der Waals surface area contributed by atoms with Gasteiger partial charge in [0, 0.05) is 14.1 Å². The minimum atomic E-state index is -0.688. The molecule has 1 aromatic carbocycles. The fourth-order valence-corrected chi connectivity index (χ4v) is 1.55. The molecule has 4 nitrogen and oxygen atoms in total. The summed E-state index contributed by atoms with van der Waals surface area (Å²) in [6.07, 6.45) is 0. The van der Waals surface area contributed by atoms with Gasteiger partial charge in [0.15, 0.2) is 0 Å². The second kappa shape index (κ2) is 5.62. The molecule has 5 heteroatoms. The minimum absolute atomic E-state index is 0.0478. The van der Waals surface area contributed by atoms with Crippen LogP contribution in [0.5, 0.6) is 0 Å². The summed E-state index contributed by atoms with van der Waals surface area (Å²) < 4.78 is 13.7. The number of nitrogens with zero attached hydrogens (tertiary/aromatic N) is 1. The molecule has 0 aliphatic heterocycles. The molecule has 1 aromatic rings. The molecule has 98 valence electrons. The molecule has 0 saturated heterocycles. The number of hydrogen-bond acceptors (Lipinski definition) is 2. The van der Waals surface area contributed by atoms with Crippen molar-refractivity contribution in [2.24, 2.45) is 0 Å². The van der Waals surface area contributed by atoms with Crippen LogP contribution in [0.25, 0.3) is 0 Å². The zero-order valence-corrected chi connectivity index (χ0v) is 11.0. The molecule has 18 heavy (non-hydrogen) atoms. The van der Waals surface area contributed by atoms with Crippen molar-refractivity contribution < 1.29 is 14.0 Å². The molecule has 1 N–H and O–H groups in total. The van der Waals surface area contributed by atoms with Gasteiger partial charge in [-0.2, -0.15) is 0 Å². The molecule has 2 amide bonds. The molecule has 0 spiro atoms. The minimum Gasteiger partial charge on any atom is -0.347 e. The number of likely N-dealkylation sites (N-methyl/N-ethyl adjacent to an activating group) is 1. The summed E-state index contributed by atoms with van der Waals surface area (Å²) in [6.45, 7) is 3.15. The molecular formula is C13H17FN2O2. The highest BCUT2D eigenvalue weighted by Gasteiger charge is 2.20. The van der Waals surface area contributed by atoms with Crippen LogP contribution in [-0.2, 0) is 4.79 Å². The Kier molecular flexibility index (Phi) is 4.42. The molecule has 1 rings (SSSR count). The third kappa shape index (κ3) is 3.06. The van der Waals surface area contributed by atoms with E-state index in [0.717, 1.165) is 0 Å². The van der Waals surface area contributed by atoms with Crippen LogP contribution in [0.2, 0.25) is 0 Å². The summed E-state index contributed by atoms with van der Waals surface area (Å²) in [4.78, 5) is 24.8. The lowest BCUT2D eigenvalue weighted by Crippen LogP contribution is -2.44. The van der Waals surface area contributed by atoms with E-state index in [4.69, 9.17) is 0 Å². The number of hydrogen-bond donors (Lipinski definition) is 1.